The molecule has 0 saturated heterocycles. The molecule has 1 N–H and O–H groups in total. The van der Waals surface area contributed by atoms with E-state index < -0.39 is 17.5 Å². The number of nitrogens with zero attached hydrogens (tertiary/aromatic N) is 1. The first kappa shape index (κ1) is 13.0. The summed E-state index contributed by atoms with van der Waals surface area (Å²) in [6, 6.07) is 11.4. The number of phenols is 1. The number of rotatable bonds is 1. The van der Waals surface area contributed by atoms with E-state index in [-0.39, 0.29) is 0 Å². The van der Waals surface area contributed by atoms with Crippen molar-refractivity contribution in [2.24, 2.45) is 0 Å². The van der Waals surface area contributed by atoms with Crippen LogP contribution in [0.5, 0.6) is 5.75 Å². The Hall–Kier alpha value is -2.48. The third-order valence-corrected chi connectivity index (χ3v) is 2.65. The number of alkyl halides is 3. The largest absolute Gasteiger partial charge is 0.507 e. The van der Waals surface area contributed by atoms with Crippen LogP contribution in [0.4, 0.5) is 13.2 Å². The highest BCUT2D eigenvalue weighted by molar-refractivity contribution is 5.66. The maximum absolute atomic E-state index is 12.7. The smallest absolute Gasteiger partial charge is 0.419 e. The molecule has 0 aliphatic heterocycles. The Morgan fingerprint density at radius 2 is 1.53 bits per heavy atom. The molecule has 96 valence electrons. The number of benzene rings is 2. The van der Waals surface area contributed by atoms with E-state index in [2.05, 4.69) is 0 Å². The Labute approximate surface area is 107 Å². The van der Waals surface area contributed by atoms with E-state index in [1.54, 1.807) is 12.1 Å². The van der Waals surface area contributed by atoms with Gasteiger partial charge in [0.15, 0.2) is 0 Å². The van der Waals surface area contributed by atoms with E-state index in [0.717, 1.165) is 12.1 Å². The van der Waals surface area contributed by atoms with Crippen LogP contribution in [0.15, 0.2) is 42.5 Å². The molecule has 0 heterocycles. The molecule has 2 aromatic rings. The molecular formula is C14H8F3NO. The molecule has 0 aliphatic carbocycles. The lowest BCUT2D eigenvalue weighted by molar-refractivity contribution is -0.138. The monoisotopic (exact) mass is 263 g/mol. The van der Waals surface area contributed by atoms with Gasteiger partial charge in [-0.1, -0.05) is 18.2 Å². The normalized spacial score (nSPS) is 11.1. The quantitative estimate of drug-likeness (QED) is 0.846. The van der Waals surface area contributed by atoms with Gasteiger partial charge in [-0.25, -0.2) is 0 Å². The van der Waals surface area contributed by atoms with Crippen LogP contribution >= 0.6 is 0 Å². The minimum atomic E-state index is -4.60. The maximum atomic E-state index is 12.7. The van der Waals surface area contributed by atoms with Crippen molar-refractivity contribution in [2.75, 3.05) is 0 Å². The van der Waals surface area contributed by atoms with E-state index in [1.807, 2.05) is 6.07 Å². The van der Waals surface area contributed by atoms with Crippen LogP contribution in [0.1, 0.15) is 11.1 Å². The predicted molar refractivity (Wildman–Crippen MR) is 63.3 cm³/mol. The molecule has 0 spiro atoms. The molecule has 0 unspecified atom stereocenters. The van der Waals surface area contributed by atoms with Gasteiger partial charge in [-0.2, -0.15) is 18.4 Å². The number of nitriles is 1. The number of hydrogen-bond donors (Lipinski definition) is 1. The molecular weight excluding hydrogens is 255 g/mol. The third kappa shape index (κ3) is 2.68. The van der Waals surface area contributed by atoms with Crippen molar-refractivity contribution in [3.8, 4) is 22.9 Å². The SMILES string of the molecule is N#Cc1ccc(-c2ccc(O)c(C(F)(F)F)c2)cc1. The molecule has 0 radical (unpaired) electrons. The molecule has 0 aliphatic rings. The summed E-state index contributed by atoms with van der Waals surface area (Å²) in [7, 11) is 0. The molecule has 19 heavy (non-hydrogen) atoms. The summed E-state index contributed by atoms with van der Waals surface area (Å²) in [5.74, 6) is -0.801. The van der Waals surface area contributed by atoms with Gasteiger partial charge >= 0.3 is 6.18 Å². The number of halogens is 3. The molecule has 0 atom stereocenters. The second kappa shape index (κ2) is 4.65. The van der Waals surface area contributed by atoms with Gasteiger partial charge in [0.25, 0.3) is 0 Å². The highest BCUT2D eigenvalue weighted by atomic mass is 19.4. The fraction of sp³-hybridized carbons (Fsp3) is 0.0714. The summed E-state index contributed by atoms with van der Waals surface area (Å²) < 4.78 is 38.0. The van der Waals surface area contributed by atoms with Crippen LogP contribution in [0, 0.1) is 11.3 Å². The summed E-state index contributed by atoms with van der Waals surface area (Å²) in [6.07, 6.45) is -4.60. The number of aromatic hydroxyl groups is 1. The molecule has 2 rings (SSSR count). The lowest BCUT2D eigenvalue weighted by Gasteiger charge is -2.11. The lowest BCUT2D eigenvalue weighted by atomic mass is 10.0. The van der Waals surface area contributed by atoms with Crippen LogP contribution in [-0.2, 0) is 6.18 Å². The van der Waals surface area contributed by atoms with Crippen molar-refractivity contribution in [1.82, 2.24) is 0 Å². The van der Waals surface area contributed by atoms with Gasteiger partial charge < -0.3 is 5.11 Å². The average molecular weight is 263 g/mol. The van der Waals surface area contributed by atoms with Crippen molar-refractivity contribution >= 4 is 0 Å². The van der Waals surface area contributed by atoms with Crippen LogP contribution in [0.2, 0.25) is 0 Å². The fourth-order valence-electron chi connectivity index (χ4n) is 1.68. The van der Waals surface area contributed by atoms with Crippen molar-refractivity contribution in [2.45, 2.75) is 6.18 Å². The molecule has 2 aromatic carbocycles. The molecule has 0 aromatic heterocycles. The van der Waals surface area contributed by atoms with E-state index in [1.165, 1.54) is 18.2 Å². The molecule has 0 bridgehead atoms. The lowest BCUT2D eigenvalue weighted by Crippen LogP contribution is -2.05. The van der Waals surface area contributed by atoms with Crippen molar-refractivity contribution in [1.29, 1.82) is 5.26 Å². The zero-order chi connectivity index (χ0) is 14.0. The summed E-state index contributed by atoms with van der Waals surface area (Å²) >= 11 is 0. The van der Waals surface area contributed by atoms with Gasteiger partial charge in [-0.3, -0.25) is 0 Å². The highest BCUT2D eigenvalue weighted by Crippen LogP contribution is 2.38. The fourth-order valence-corrected chi connectivity index (χ4v) is 1.68. The standard InChI is InChI=1S/C14H8F3NO/c15-14(16,17)12-7-11(5-6-13(12)19)10-3-1-9(8-18)2-4-10/h1-7,19H. The van der Waals surface area contributed by atoms with Gasteiger partial charge in [0.1, 0.15) is 5.75 Å². The summed E-state index contributed by atoms with van der Waals surface area (Å²) in [4.78, 5) is 0. The average Bonchev–Trinajstić information content (AvgIpc) is 2.38. The number of hydrogen-bond acceptors (Lipinski definition) is 2. The minimum absolute atomic E-state index is 0.328. The van der Waals surface area contributed by atoms with Gasteiger partial charge in [-0.15, -0.1) is 0 Å². The van der Waals surface area contributed by atoms with Crippen molar-refractivity contribution in [3.05, 3.63) is 53.6 Å². The Morgan fingerprint density at radius 1 is 0.947 bits per heavy atom. The van der Waals surface area contributed by atoms with E-state index in [0.29, 0.717) is 16.7 Å². The van der Waals surface area contributed by atoms with Crippen LogP contribution in [0.25, 0.3) is 11.1 Å². The molecule has 5 heteroatoms. The molecule has 2 nitrogen and oxygen atoms in total. The topological polar surface area (TPSA) is 44.0 Å². The van der Waals surface area contributed by atoms with Gasteiger partial charge in [-0.05, 0) is 35.4 Å². The highest BCUT2D eigenvalue weighted by Gasteiger charge is 2.34. The Kier molecular flexibility index (Phi) is 3.17. The molecule has 0 saturated carbocycles. The Balaban J connectivity index is 2.49. The van der Waals surface area contributed by atoms with Crippen molar-refractivity contribution in [3.63, 3.8) is 0 Å². The third-order valence-electron chi connectivity index (χ3n) is 2.65. The van der Waals surface area contributed by atoms with Crippen LogP contribution in [-0.4, -0.2) is 5.11 Å². The zero-order valence-corrected chi connectivity index (χ0v) is 9.57. The second-order valence-electron chi connectivity index (χ2n) is 3.92. The molecule has 0 fully saturated rings. The first-order valence-corrected chi connectivity index (χ1v) is 5.32. The Bertz CT molecular complexity index is 639. The van der Waals surface area contributed by atoms with Crippen LogP contribution < -0.4 is 0 Å². The maximum Gasteiger partial charge on any atom is 0.419 e. The van der Waals surface area contributed by atoms with E-state index >= 15 is 0 Å². The summed E-state index contributed by atoms with van der Waals surface area (Å²) in [5.41, 5.74) is 0.229. The molecule has 0 amide bonds. The van der Waals surface area contributed by atoms with E-state index in [9.17, 15) is 18.3 Å². The Morgan fingerprint density at radius 3 is 2.05 bits per heavy atom. The first-order valence-electron chi connectivity index (χ1n) is 5.32. The van der Waals surface area contributed by atoms with Crippen LogP contribution in [0.3, 0.4) is 0 Å². The first-order chi connectivity index (χ1) is 8.91. The minimum Gasteiger partial charge on any atom is -0.507 e. The summed E-state index contributed by atoms with van der Waals surface area (Å²) in [6.45, 7) is 0. The predicted octanol–water partition coefficient (Wildman–Crippen LogP) is 3.95. The summed E-state index contributed by atoms with van der Waals surface area (Å²) in [5, 5.41) is 17.9. The second-order valence-corrected chi connectivity index (χ2v) is 3.92. The zero-order valence-electron chi connectivity index (χ0n) is 9.57. The van der Waals surface area contributed by atoms with Gasteiger partial charge in [0.05, 0.1) is 17.2 Å². The van der Waals surface area contributed by atoms with Gasteiger partial charge in [0.2, 0.25) is 0 Å². The van der Waals surface area contributed by atoms with Crippen molar-refractivity contribution < 1.29 is 18.3 Å². The van der Waals surface area contributed by atoms with Gasteiger partial charge in [0, 0.05) is 0 Å². The number of phenolic OH excluding ortho intramolecular Hbond substituents is 1. The van der Waals surface area contributed by atoms with E-state index in [4.69, 9.17) is 5.26 Å².